The minimum atomic E-state index is -3.51. The van der Waals surface area contributed by atoms with Crippen LogP contribution in [0.25, 0.3) is 0 Å². The standard InChI is InChI=1S/C24H26Cl2N2O2S2/c1-15-4-5-18(10-16(15)2)12-19-14-31-24(27-19)28-8-6-20(7-9-28)32(29,30)23-11-17(3)21(25)13-22(23)26/h4-5,10-11,13-14,20H,6-9,12H2,1-3H3. The first-order chi connectivity index (χ1) is 15.1. The van der Waals surface area contributed by atoms with Crippen molar-refractivity contribution in [3.63, 3.8) is 0 Å². The number of benzene rings is 2. The summed E-state index contributed by atoms with van der Waals surface area (Å²) in [7, 11) is -3.51. The molecule has 1 fully saturated rings. The van der Waals surface area contributed by atoms with Gasteiger partial charge < -0.3 is 4.90 Å². The van der Waals surface area contributed by atoms with Crippen molar-refractivity contribution in [3.8, 4) is 0 Å². The summed E-state index contributed by atoms with van der Waals surface area (Å²) in [6, 6.07) is 9.63. The molecular weight excluding hydrogens is 483 g/mol. The zero-order chi connectivity index (χ0) is 23.0. The lowest BCUT2D eigenvalue weighted by atomic mass is 10.0. The van der Waals surface area contributed by atoms with Gasteiger partial charge in [0.1, 0.15) is 0 Å². The predicted molar refractivity (Wildman–Crippen MR) is 134 cm³/mol. The Morgan fingerprint density at radius 2 is 1.72 bits per heavy atom. The van der Waals surface area contributed by atoms with Gasteiger partial charge >= 0.3 is 0 Å². The van der Waals surface area contributed by atoms with Gasteiger partial charge in [-0.25, -0.2) is 13.4 Å². The number of hydrogen-bond acceptors (Lipinski definition) is 5. The van der Waals surface area contributed by atoms with E-state index in [2.05, 4.69) is 42.3 Å². The van der Waals surface area contributed by atoms with Gasteiger partial charge in [0, 0.05) is 29.9 Å². The lowest BCUT2D eigenvalue weighted by Gasteiger charge is -2.31. The monoisotopic (exact) mass is 508 g/mol. The van der Waals surface area contributed by atoms with Gasteiger partial charge in [-0.1, -0.05) is 41.4 Å². The summed E-state index contributed by atoms with van der Waals surface area (Å²) < 4.78 is 26.4. The molecule has 3 aromatic rings. The molecule has 32 heavy (non-hydrogen) atoms. The number of halogens is 2. The van der Waals surface area contributed by atoms with E-state index < -0.39 is 15.1 Å². The number of thiazole rings is 1. The van der Waals surface area contributed by atoms with E-state index in [0.29, 0.717) is 36.5 Å². The quantitative estimate of drug-likeness (QED) is 0.399. The zero-order valence-corrected chi connectivity index (χ0v) is 21.5. The number of aromatic nitrogens is 1. The highest BCUT2D eigenvalue weighted by molar-refractivity contribution is 7.92. The molecule has 1 saturated heterocycles. The van der Waals surface area contributed by atoms with Crippen LogP contribution in [0.2, 0.25) is 10.0 Å². The number of piperidine rings is 1. The second-order valence-electron chi connectivity index (χ2n) is 8.48. The van der Waals surface area contributed by atoms with Gasteiger partial charge in [-0.05, 0) is 68.0 Å². The number of sulfone groups is 1. The molecule has 0 amide bonds. The van der Waals surface area contributed by atoms with E-state index >= 15 is 0 Å². The summed E-state index contributed by atoms with van der Waals surface area (Å²) in [5.41, 5.74) is 5.60. The Labute approximate surface area is 204 Å². The van der Waals surface area contributed by atoms with E-state index in [1.807, 2.05) is 0 Å². The van der Waals surface area contributed by atoms with Gasteiger partial charge in [0.15, 0.2) is 15.0 Å². The highest BCUT2D eigenvalue weighted by Crippen LogP contribution is 2.34. The molecule has 0 radical (unpaired) electrons. The van der Waals surface area contributed by atoms with Crippen molar-refractivity contribution in [2.24, 2.45) is 0 Å². The number of aryl methyl sites for hydroxylation is 3. The number of nitrogens with zero attached hydrogens (tertiary/aromatic N) is 2. The van der Waals surface area contributed by atoms with Gasteiger partial charge in [0.2, 0.25) is 0 Å². The molecule has 2 aromatic carbocycles. The Balaban J connectivity index is 1.43. The summed E-state index contributed by atoms with van der Waals surface area (Å²) in [5.74, 6) is 0. The first kappa shape index (κ1) is 23.6. The van der Waals surface area contributed by atoms with Crippen molar-refractivity contribution in [1.82, 2.24) is 4.98 Å². The van der Waals surface area contributed by atoms with E-state index in [9.17, 15) is 8.42 Å². The van der Waals surface area contributed by atoms with E-state index in [1.165, 1.54) is 22.8 Å². The second kappa shape index (κ2) is 9.34. The number of rotatable bonds is 5. The molecule has 2 heterocycles. The van der Waals surface area contributed by atoms with Crippen molar-refractivity contribution < 1.29 is 8.42 Å². The molecule has 170 valence electrons. The maximum absolute atomic E-state index is 13.2. The summed E-state index contributed by atoms with van der Waals surface area (Å²) in [6.07, 6.45) is 1.90. The van der Waals surface area contributed by atoms with Gasteiger partial charge in [0.25, 0.3) is 0 Å². The minimum Gasteiger partial charge on any atom is -0.348 e. The molecule has 0 saturated carbocycles. The Morgan fingerprint density at radius 3 is 2.41 bits per heavy atom. The average molecular weight is 510 g/mol. The molecule has 8 heteroatoms. The SMILES string of the molecule is Cc1ccc(Cc2csc(N3CCC(S(=O)(=O)c4cc(C)c(Cl)cc4Cl)CC3)n2)cc1C. The Morgan fingerprint density at radius 1 is 1.00 bits per heavy atom. The Bertz CT molecular complexity index is 1250. The van der Waals surface area contributed by atoms with Crippen LogP contribution in [0.15, 0.2) is 40.6 Å². The minimum absolute atomic E-state index is 0.185. The van der Waals surface area contributed by atoms with Gasteiger partial charge in [-0.2, -0.15) is 0 Å². The van der Waals surface area contributed by atoms with Crippen molar-refractivity contribution in [1.29, 1.82) is 0 Å². The Kier molecular flexibility index (Phi) is 6.87. The molecule has 0 unspecified atom stereocenters. The highest BCUT2D eigenvalue weighted by atomic mass is 35.5. The molecule has 4 rings (SSSR count). The largest absolute Gasteiger partial charge is 0.348 e. The van der Waals surface area contributed by atoms with E-state index in [-0.39, 0.29) is 9.92 Å². The van der Waals surface area contributed by atoms with Crippen LogP contribution in [-0.2, 0) is 16.3 Å². The van der Waals surface area contributed by atoms with Crippen molar-refractivity contribution in [2.75, 3.05) is 18.0 Å². The highest BCUT2D eigenvalue weighted by Gasteiger charge is 2.33. The fourth-order valence-corrected chi connectivity index (χ4v) is 7.48. The molecule has 0 aliphatic carbocycles. The molecule has 0 bridgehead atoms. The average Bonchev–Trinajstić information content (AvgIpc) is 3.22. The fraction of sp³-hybridized carbons (Fsp3) is 0.375. The second-order valence-corrected chi connectivity index (χ2v) is 12.3. The first-order valence-electron chi connectivity index (χ1n) is 10.6. The molecule has 4 nitrogen and oxygen atoms in total. The normalized spacial score (nSPS) is 15.3. The smallest absolute Gasteiger partial charge is 0.185 e. The van der Waals surface area contributed by atoms with Crippen LogP contribution in [0.3, 0.4) is 0 Å². The summed E-state index contributed by atoms with van der Waals surface area (Å²) in [4.78, 5) is 7.20. The summed E-state index contributed by atoms with van der Waals surface area (Å²) in [6.45, 7) is 7.35. The fourth-order valence-electron chi connectivity index (χ4n) is 4.03. The predicted octanol–water partition coefficient (Wildman–Crippen LogP) is 6.41. The molecule has 0 N–H and O–H groups in total. The van der Waals surface area contributed by atoms with Crippen LogP contribution in [0.1, 0.15) is 40.8 Å². The number of hydrogen-bond donors (Lipinski definition) is 0. The Hall–Kier alpha value is -1.60. The topological polar surface area (TPSA) is 50.3 Å². The van der Waals surface area contributed by atoms with Crippen LogP contribution in [0.4, 0.5) is 5.13 Å². The molecule has 1 aromatic heterocycles. The van der Waals surface area contributed by atoms with Gasteiger partial charge in [0.05, 0.1) is 20.9 Å². The zero-order valence-electron chi connectivity index (χ0n) is 18.4. The van der Waals surface area contributed by atoms with Crippen LogP contribution < -0.4 is 4.90 Å². The van der Waals surface area contributed by atoms with Crippen LogP contribution in [0, 0.1) is 20.8 Å². The van der Waals surface area contributed by atoms with Crippen LogP contribution in [-0.4, -0.2) is 31.7 Å². The van der Waals surface area contributed by atoms with E-state index in [0.717, 1.165) is 17.2 Å². The molecule has 0 spiro atoms. The molecule has 0 atom stereocenters. The number of anilines is 1. The van der Waals surface area contributed by atoms with E-state index in [4.69, 9.17) is 28.2 Å². The third-order valence-corrected chi connectivity index (χ3v) is 10.2. The molecule has 1 aliphatic rings. The summed E-state index contributed by atoms with van der Waals surface area (Å²) in [5, 5.41) is 3.28. The summed E-state index contributed by atoms with van der Waals surface area (Å²) >= 11 is 13.9. The van der Waals surface area contributed by atoms with Gasteiger partial charge in [-0.3, -0.25) is 0 Å². The lowest BCUT2D eigenvalue weighted by Crippen LogP contribution is -2.39. The van der Waals surface area contributed by atoms with Crippen molar-refractivity contribution in [3.05, 3.63) is 73.7 Å². The third-order valence-electron chi connectivity index (χ3n) is 6.17. The van der Waals surface area contributed by atoms with Crippen LogP contribution >= 0.6 is 34.5 Å². The van der Waals surface area contributed by atoms with Crippen LogP contribution in [0.5, 0.6) is 0 Å². The third kappa shape index (κ3) is 4.84. The van der Waals surface area contributed by atoms with Crippen molar-refractivity contribution >= 4 is 49.5 Å². The molecular formula is C24H26Cl2N2O2S2. The lowest BCUT2D eigenvalue weighted by molar-refractivity contribution is 0.529. The molecule has 1 aliphatic heterocycles. The van der Waals surface area contributed by atoms with Gasteiger partial charge in [-0.15, -0.1) is 11.3 Å². The van der Waals surface area contributed by atoms with E-state index in [1.54, 1.807) is 24.3 Å². The maximum atomic E-state index is 13.2. The van der Waals surface area contributed by atoms with Crippen molar-refractivity contribution in [2.45, 2.75) is 50.2 Å². The first-order valence-corrected chi connectivity index (χ1v) is 13.8. The maximum Gasteiger partial charge on any atom is 0.185 e.